The summed E-state index contributed by atoms with van der Waals surface area (Å²) in [5.41, 5.74) is 0.00844. The van der Waals surface area contributed by atoms with E-state index in [4.69, 9.17) is 9.47 Å². The molecule has 0 atom stereocenters. The first-order chi connectivity index (χ1) is 11.5. The lowest BCUT2D eigenvalue weighted by Gasteiger charge is -2.15. The first kappa shape index (κ1) is 17.1. The summed E-state index contributed by atoms with van der Waals surface area (Å²) in [6, 6.07) is 5.77. The number of aromatic hydroxyl groups is 2. The van der Waals surface area contributed by atoms with Crippen molar-refractivity contribution >= 4 is 12.3 Å². The molecule has 2 rings (SSSR count). The number of rotatable bonds is 5. The van der Waals surface area contributed by atoms with Crippen LogP contribution in [0, 0.1) is 0 Å². The molecule has 126 valence electrons. The van der Waals surface area contributed by atoms with Gasteiger partial charge < -0.3 is 24.4 Å². The zero-order chi connectivity index (χ0) is 17.9. The molecule has 0 amide bonds. The average molecular weight is 332 g/mol. The first-order valence-corrected chi connectivity index (χ1v) is 6.83. The summed E-state index contributed by atoms with van der Waals surface area (Å²) in [4.78, 5) is 23.1. The highest BCUT2D eigenvalue weighted by molar-refractivity contribution is 6.03. The SMILES string of the molecule is COC(=O)c1cc(O)c(C=O)c(O)c1-c1ccc(OC)c(OC)c1. The van der Waals surface area contributed by atoms with Gasteiger partial charge in [-0.05, 0) is 23.8 Å². The van der Waals surface area contributed by atoms with Crippen molar-refractivity contribution in [1.82, 2.24) is 0 Å². The lowest BCUT2D eigenvalue weighted by atomic mass is 9.95. The summed E-state index contributed by atoms with van der Waals surface area (Å²) in [5.74, 6) is -1.01. The monoisotopic (exact) mass is 332 g/mol. The smallest absolute Gasteiger partial charge is 0.338 e. The molecule has 0 aliphatic carbocycles. The molecule has 0 saturated heterocycles. The fourth-order valence-corrected chi connectivity index (χ4v) is 2.34. The maximum absolute atomic E-state index is 12.0. The Morgan fingerprint density at radius 3 is 2.25 bits per heavy atom. The number of methoxy groups -OCH3 is 3. The van der Waals surface area contributed by atoms with E-state index in [2.05, 4.69) is 4.74 Å². The van der Waals surface area contributed by atoms with Gasteiger partial charge in [0.05, 0.1) is 32.5 Å². The Hall–Kier alpha value is -3.22. The third-order valence-corrected chi connectivity index (χ3v) is 3.51. The summed E-state index contributed by atoms with van der Waals surface area (Å²) < 4.78 is 15.0. The van der Waals surface area contributed by atoms with E-state index in [0.29, 0.717) is 23.3 Å². The van der Waals surface area contributed by atoms with E-state index in [1.54, 1.807) is 12.1 Å². The lowest BCUT2D eigenvalue weighted by molar-refractivity contribution is 0.0600. The number of phenols is 2. The standard InChI is InChI=1S/C17H16O7/c1-22-13-5-4-9(6-14(13)23-2)15-10(17(21)24-3)7-12(19)11(8-18)16(15)20/h4-8,19-20H,1-3H3. The van der Waals surface area contributed by atoms with Crippen molar-refractivity contribution in [3.63, 3.8) is 0 Å². The average Bonchev–Trinajstić information content (AvgIpc) is 2.60. The summed E-state index contributed by atoms with van der Waals surface area (Å²) in [6.07, 6.45) is 0.302. The Balaban J connectivity index is 2.81. The van der Waals surface area contributed by atoms with E-state index >= 15 is 0 Å². The second-order valence-electron chi connectivity index (χ2n) is 4.76. The second-order valence-corrected chi connectivity index (χ2v) is 4.76. The number of phenolic OH excluding ortho intramolecular Hbond substituents is 2. The Bertz CT molecular complexity index is 796. The molecule has 0 spiro atoms. The van der Waals surface area contributed by atoms with Gasteiger partial charge in [0, 0.05) is 5.56 Å². The van der Waals surface area contributed by atoms with Gasteiger partial charge in [0.15, 0.2) is 17.8 Å². The van der Waals surface area contributed by atoms with Crippen LogP contribution in [0.15, 0.2) is 24.3 Å². The number of hydrogen-bond acceptors (Lipinski definition) is 7. The third kappa shape index (κ3) is 2.83. The highest BCUT2D eigenvalue weighted by Crippen LogP contribution is 2.42. The van der Waals surface area contributed by atoms with Crippen molar-refractivity contribution < 1.29 is 34.0 Å². The molecule has 0 heterocycles. The third-order valence-electron chi connectivity index (χ3n) is 3.51. The van der Waals surface area contributed by atoms with E-state index in [0.717, 1.165) is 6.07 Å². The van der Waals surface area contributed by atoms with Crippen LogP contribution in [0.5, 0.6) is 23.0 Å². The zero-order valence-corrected chi connectivity index (χ0v) is 13.3. The van der Waals surface area contributed by atoms with Gasteiger partial charge in [-0.15, -0.1) is 0 Å². The molecule has 7 nitrogen and oxygen atoms in total. The molecular formula is C17H16O7. The summed E-state index contributed by atoms with van der Waals surface area (Å²) in [6.45, 7) is 0. The molecule has 7 heteroatoms. The van der Waals surface area contributed by atoms with Crippen molar-refractivity contribution in [1.29, 1.82) is 0 Å². The van der Waals surface area contributed by atoms with E-state index in [9.17, 15) is 19.8 Å². The fraction of sp³-hybridized carbons (Fsp3) is 0.176. The molecule has 2 N–H and O–H groups in total. The number of benzene rings is 2. The minimum Gasteiger partial charge on any atom is -0.507 e. The van der Waals surface area contributed by atoms with E-state index in [-0.39, 0.29) is 16.7 Å². The van der Waals surface area contributed by atoms with E-state index < -0.39 is 17.5 Å². The van der Waals surface area contributed by atoms with Crippen molar-refractivity contribution in [3.05, 3.63) is 35.4 Å². The normalized spacial score (nSPS) is 10.1. The van der Waals surface area contributed by atoms with Crippen LogP contribution in [0.3, 0.4) is 0 Å². The Morgan fingerprint density at radius 1 is 1.04 bits per heavy atom. The van der Waals surface area contributed by atoms with Crippen LogP contribution in [0.2, 0.25) is 0 Å². The minimum absolute atomic E-state index is 0.0442. The Morgan fingerprint density at radius 2 is 1.71 bits per heavy atom. The van der Waals surface area contributed by atoms with E-state index in [1.165, 1.54) is 27.4 Å². The van der Waals surface area contributed by atoms with Crippen molar-refractivity contribution in [2.45, 2.75) is 0 Å². The highest BCUT2D eigenvalue weighted by Gasteiger charge is 2.24. The predicted octanol–water partition coefficient (Wildman–Crippen LogP) is 2.38. The molecule has 0 aliphatic rings. The van der Waals surface area contributed by atoms with Gasteiger partial charge in [-0.2, -0.15) is 0 Å². The topological polar surface area (TPSA) is 102 Å². The fourth-order valence-electron chi connectivity index (χ4n) is 2.34. The van der Waals surface area contributed by atoms with Crippen LogP contribution in [-0.2, 0) is 4.74 Å². The van der Waals surface area contributed by atoms with Gasteiger partial charge in [0.2, 0.25) is 0 Å². The van der Waals surface area contributed by atoms with Crippen molar-refractivity contribution in [2.75, 3.05) is 21.3 Å². The number of hydrogen-bond donors (Lipinski definition) is 2. The van der Waals surface area contributed by atoms with Crippen LogP contribution in [0.1, 0.15) is 20.7 Å². The molecule has 0 unspecified atom stereocenters. The molecule has 0 fully saturated rings. The number of aldehydes is 1. The van der Waals surface area contributed by atoms with Crippen molar-refractivity contribution in [2.24, 2.45) is 0 Å². The highest BCUT2D eigenvalue weighted by atomic mass is 16.5. The maximum atomic E-state index is 12.0. The largest absolute Gasteiger partial charge is 0.507 e. The van der Waals surface area contributed by atoms with Crippen LogP contribution in [-0.4, -0.2) is 43.8 Å². The number of ether oxygens (including phenoxy) is 3. The molecule has 0 bridgehead atoms. The van der Waals surface area contributed by atoms with Crippen molar-refractivity contribution in [3.8, 4) is 34.1 Å². The van der Waals surface area contributed by atoms with Gasteiger partial charge in [-0.1, -0.05) is 6.07 Å². The van der Waals surface area contributed by atoms with Crippen LogP contribution >= 0.6 is 0 Å². The zero-order valence-electron chi connectivity index (χ0n) is 13.3. The number of carbonyl (C=O) groups is 2. The Labute approximate surface area is 138 Å². The van der Waals surface area contributed by atoms with Gasteiger partial charge in [-0.3, -0.25) is 4.79 Å². The van der Waals surface area contributed by atoms with Crippen LogP contribution < -0.4 is 9.47 Å². The maximum Gasteiger partial charge on any atom is 0.338 e. The summed E-state index contributed by atoms with van der Waals surface area (Å²) in [5, 5.41) is 20.2. The molecular weight excluding hydrogens is 316 g/mol. The minimum atomic E-state index is -0.775. The number of esters is 1. The number of carbonyl (C=O) groups excluding carboxylic acids is 2. The van der Waals surface area contributed by atoms with Gasteiger partial charge >= 0.3 is 5.97 Å². The quantitative estimate of drug-likeness (QED) is 0.640. The molecule has 0 aromatic heterocycles. The molecule has 0 radical (unpaired) electrons. The Kier molecular flexibility index (Phi) is 4.93. The second kappa shape index (κ2) is 6.91. The lowest BCUT2D eigenvalue weighted by Crippen LogP contribution is -2.05. The molecule has 2 aromatic carbocycles. The molecule has 0 saturated carbocycles. The summed E-state index contributed by atoms with van der Waals surface area (Å²) in [7, 11) is 4.08. The first-order valence-electron chi connectivity index (χ1n) is 6.83. The van der Waals surface area contributed by atoms with E-state index in [1.807, 2.05) is 0 Å². The van der Waals surface area contributed by atoms with Crippen LogP contribution in [0.25, 0.3) is 11.1 Å². The van der Waals surface area contributed by atoms with Gasteiger partial charge in [-0.25, -0.2) is 4.79 Å². The summed E-state index contributed by atoms with van der Waals surface area (Å²) >= 11 is 0. The predicted molar refractivity (Wildman–Crippen MR) is 85.0 cm³/mol. The van der Waals surface area contributed by atoms with Crippen LogP contribution in [0.4, 0.5) is 0 Å². The molecule has 24 heavy (non-hydrogen) atoms. The molecule has 0 aliphatic heterocycles. The van der Waals surface area contributed by atoms with Gasteiger partial charge in [0.25, 0.3) is 0 Å². The van der Waals surface area contributed by atoms with Gasteiger partial charge in [0.1, 0.15) is 11.5 Å². The molecule has 2 aromatic rings.